The van der Waals surface area contributed by atoms with Crippen LogP contribution in [0.4, 0.5) is 5.82 Å². The summed E-state index contributed by atoms with van der Waals surface area (Å²) in [5, 5.41) is 8.31. The molecule has 0 saturated heterocycles. The first-order valence-corrected chi connectivity index (χ1v) is 6.57. The first-order chi connectivity index (χ1) is 9.58. The average molecular weight is 277 g/mol. The van der Waals surface area contributed by atoms with Gasteiger partial charge in [-0.1, -0.05) is 13.3 Å². The third kappa shape index (κ3) is 2.56. The number of esters is 1. The fourth-order valence-corrected chi connectivity index (χ4v) is 2.23. The lowest BCUT2D eigenvalue weighted by Crippen LogP contribution is -2.31. The fraction of sp³-hybridized carbons (Fsp3) is 0.538. The van der Waals surface area contributed by atoms with Gasteiger partial charge in [0.1, 0.15) is 18.2 Å². The van der Waals surface area contributed by atoms with Gasteiger partial charge in [0.05, 0.1) is 18.2 Å². The first-order valence-electron chi connectivity index (χ1n) is 6.57. The van der Waals surface area contributed by atoms with Crippen molar-refractivity contribution in [3.63, 3.8) is 0 Å². The van der Waals surface area contributed by atoms with Crippen molar-refractivity contribution in [1.82, 2.24) is 19.7 Å². The van der Waals surface area contributed by atoms with Crippen molar-refractivity contribution in [3.8, 4) is 0 Å². The molecule has 2 rings (SSSR count). The van der Waals surface area contributed by atoms with Gasteiger partial charge in [0, 0.05) is 7.05 Å². The topological polar surface area (TPSA) is 81.9 Å². The van der Waals surface area contributed by atoms with E-state index in [1.54, 1.807) is 4.68 Å². The highest BCUT2D eigenvalue weighted by atomic mass is 16.5. The maximum Gasteiger partial charge on any atom is 0.328 e. The summed E-state index contributed by atoms with van der Waals surface area (Å²) in [6, 6.07) is -0.414. The molecular weight excluding hydrogens is 258 g/mol. The van der Waals surface area contributed by atoms with E-state index >= 15 is 0 Å². The number of hydrogen-bond donors (Lipinski definition) is 1. The predicted molar refractivity (Wildman–Crippen MR) is 75.4 cm³/mol. The van der Waals surface area contributed by atoms with Gasteiger partial charge in [-0.25, -0.2) is 14.8 Å². The monoisotopic (exact) mass is 277 g/mol. The molecule has 2 aromatic rings. The van der Waals surface area contributed by atoms with Crippen molar-refractivity contribution in [1.29, 1.82) is 0 Å². The smallest absolute Gasteiger partial charge is 0.328 e. The van der Waals surface area contributed by atoms with E-state index in [1.165, 1.54) is 13.4 Å². The third-order valence-electron chi connectivity index (χ3n) is 3.17. The van der Waals surface area contributed by atoms with Gasteiger partial charge in [0.15, 0.2) is 5.65 Å². The van der Waals surface area contributed by atoms with Crippen LogP contribution in [-0.2, 0) is 16.6 Å². The Hall–Kier alpha value is -2.18. The largest absolute Gasteiger partial charge is 0.467 e. The number of rotatable bonds is 5. The summed E-state index contributed by atoms with van der Waals surface area (Å²) >= 11 is 0. The molecule has 20 heavy (non-hydrogen) atoms. The van der Waals surface area contributed by atoms with Crippen LogP contribution in [0, 0.1) is 6.92 Å². The molecule has 0 fully saturated rings. The molecule has 2 heterocycles. The van der Waals surface area contributed by atoms with Crippen LogP contribution in [0.1, 0.15) is 25.5 Å². The molecule has 1 atom stereocenters. The SMILES string of the molecule is CCC[C@H](Nc1ncnc2c1c(C)nn2C)C(=O)OC. The van der Waals surface area contributed by atoms with Crippen LogP contribution in [0.5, 0.6) is 0 Å². The van der Waals surface area contributed by atoms with Crippen molar-refractivity contribution < 1.29 is 9.53 Å². The highest BCUT2D eigenvalue weighted by molar-refractivity contribution is 5.91. The molecule has 0 aliphatic heterocycles. The number of carbonyl (C=O) groups excluding carboxylic acids is 1. The van der Waals surface area contributed by atoms with Crippen molar-refractivity contribution in [2.24, 2.45) is 7.05 Å². The van der Waals surface area contributed by atoms with Gasteiger partial charge in [-0.3, -0.25) is 4.68 Å². The maximum absolute atomic E-state index is 11.8. The van der Waals surface area contributed by atoms with Crippen LogP contribution >= 0.6 is 0 Å². The Bertz CT molecular complexity index is 622. The molecule has 2 aromatic heterocycles. The molecule has 0 aliphatic carbocycles. The second kappa shape index (κ2) is 5.85. The van der Waals surface area contributed by atoms with Crippen molar-refractivity contribution in [2.75, 3.05) is 12.4 Å². The van der Waals surface area contributed by atoms with E-state index in [9.17, 15) is 4.79 Å². The minimum Gasteiger partial charge on any atom is -0.467 e. The summed E-state index contributed by atoms with van der Waals surface area (Å²) in [6.07, 6.45) is 3.01. The summed E-state index contributed by atoms with van der Waals surface area (Å²) in [7, 11) is 3.22. The lowest BCUT2D eigenvalue weighted by atomic mass is 10.1. The van der Waals surface area contributed by atoms with Crippen LogP contribution in [0.15, 0.2) is 6.33 Å². The second-order valence-corrected chi connectivity index (χ2v) is 4.64. The van der Waals surface area contributed by atoms with Gasteiger partial charge in [-0.2, -0.15) is 5.10 Å². The zero-order valence-electron chi connectivity index (χ0n) is 12.2. The maximum atomic E-state index is 11.8. The number of aryl methyl sites for hydroxylation is 2. The number of hydrogen-bond acceptors (Lipinski definition) is 6. The Labute approximate surface area is 117 Å². The van der Waals surface area contributed by atoms with E-state index in [1.807, 2.05) is 20.9 Å². The van der Waals surface area contributed by atoms with Crippen LogP contribution in [-0.4, -0.2) is 38.9 Å². The standard InChI is InChI=1S/C13H19N5O2/c1-5-6-9(13(19)20-4)16-11-10-8(2)17-18(3)12(10)15-7-14-11/h7,9H,5-6H2,1-4H3,(H,14,15,16)/t9-/m0/s1. The van der Waals surface area contributed by atoms with Gasteiger partial charge >= 0.3 is 5.97 Å². The number of anilines is 1. The Morgan fingerprint density at radius 3 is 2.90 bits per heavy atom. The molecule has 0 unspecified atom stereocenters. The van der Waals surface area contributed by atoms with Crippen LogP contribution in [0.2, 0.25) is 0 Å². The molecule has 0 aliphatic rings. The molecule has 108 valence electrons. The van der Waals surface area contributed by atoms with Crippen molar-refractivity contribution >= 4 is 22.8 Å². The van der Waals surface area contributed by atoms with E-state index in [0.717, 1.165) is 23.1 Å². The number of fused-ring (bicyclic) bond motifs is 1. The molecule has 0 aromatic carbocycles. The van der Waals surface area contributed by atoms with E-state index in [-0.39, 0.29) is 5.97 Å². The van der Waals surface area contributed by atoms with E-state index in [2.05, 4.69) is 20.4 Å². The Balaban J connectivity index is 2.39. The molecule has 0 saturated carbocycles. The second-order valence-electron chi connectivity index (χ2n) is 4.64. The highest BCUT2D eigenvalue weighted by Crippen LogP contribution is 2.23. The average Bonchev–Trinajstić information content (AvgIpc) is 2.73. The van der Waals surface area contributed by atoms with Crippen molar-refractivity contribution in [2.45, 2.75) is 32.7 Å². The van der Waals surface area contributed by atoms with Crippen LogP contribution in [0.25, 0.3) is 11.0 Å². The summed E-state index contributed by atoms with van der Waals surface area (Å²) in [4.78, 5) is 20.2. The lowest BCUT2D eigenvalue weighted by Gasteiger charge is -2.16. The number of aromatic nitrogens is 4. The third-order valence-corrected chi connectivity index (χ3v) is 3.17. The molecule has 7 heteroatoms. The molecule has 0 bridgehead atoms. The normalized spacial score (nSPS) is 12.4. The Morgan fingerprint density at radius 1 is 1.50 bits per heavy atom. The van der Waals surface area contributed by atoms with E-state index in [4.69, 9.17) is 4.74 Å². The van der Waals surface area contributed by atoms with E-state index < -0.39 is 6.04 Å². The minimum atomic E-state index is -0.414. The van der Waals surface area contributed by atoms with Gasteiger partial charge < -0.3 is 10.1 Å². The summed E-state index contributed by atoms with van der Waals surface area (Å²) in [5.74, 6) is 0.324. The summed E-state index contributed by atoms with van der Waals surface area (Å²) < 4.78 is 6.52. The number of nitrogens with zero attached hydrogens (tertiary/aromatic N) is 4. The Morgan fingerprint density at radius 2 is 2.25 bits per heavy atom. The van der Waals surface area contributed by atoms with E-state index in [0.29, 0.717) is 12.2 Å². The van der Waals surface area contributed by atoms with Gasteiger partial charge in [-0.05, 0) is 13.3 Å². The fourth-order valence-electron chi connectivity index (χ4n) is 2.23. The van der Waals surface area contributed by atoms with Gasteiger partial charge in [0.25, 0.3) is 0 Å². The first kappa shape index (κ1) is 14.2. The summed E-state index contributed by atoms with van der Waals surface area (Å²) in [6.45, 7) is 3.91. The molecule has 0 spiro atoms. The Kier molecular flexibility index (Phi) is 4.16. The predicted octanol–water partition coefficient (Wildman–Crippen LogP) is 1.43. The molecule has 0 amide bonds. The number of carbonyl (C=O) groups is 1. The minimum absolute atomic E-state index is 0.292. The number of methoxy groups -OCH3 is 1. The van der Waals surface area contributed by atoms with Crippen molar-refractivity contribution in [3.05, 3.63) is 12.0 Å². The quantitative estimate of drug-likeness (QED) is 0.832. The number of ether oxygens (including phenoxy) is 1. The highest BCUT2D eigenvalue weighted by Gasteiger charge is 2.21. The number of nitrogens with one attached hydrogen (secondary N) is 1. The van der Waals surface area contributed by atoms with Gasteiger partial charge in [-0.15, -0.1) is 0 Å². The molecule has 0 radical (unpaired) electrons. The van der Waals surface area contributed by atoms with Gasteiger partial charge in [0.2, 0.25) is 0 Å². The van der Waals surface area contributed by atoms with Crippen LogP contribution in [0.3, 0.4) is 0 Å². The molecular formula is C13H19N5O2. The summed E-state index contributed by atoms with van der Waals surface area (Å²) in [5.41, 5.74) is 1.56. The lowest BCUT2D eigenvalue weighted by molar-refractivity contribution is -0.141. The zero-order valence-corrected chi connectivity index (χ0v) is 12.2. The molecule has 7 nitrogen and oxygen atoms in total. The molecule has 1 N–H and O–H groups in total. The zero-order chi connectivity index (χ0) is 14.7. The van der Waals surface area contributed by atoms with Crippen LogP contribution < -0.4 is 5.32 Å².